The Kier molecular flexibility index (Phi) is 5.58. The number of methoxy groups -OCH3 is 2. The van der Waals surface area contributed by atoms with Gasteiger partial charge in [-0.3, -0.25) is 10.1 Å². The number of hydrogen-bond donors (Lipinski definition) is 3. The molecule has 150 valence electrons. The highest BCUT2D eigenvalue weighted by atomic mass is 19.1. The van der Waals surface area contributed by atoms with Crippen LogP contribution in [-0.4, -0.2) is 29.1 Å². The first-order valence-electron chi connectivity index (χ1n) is 8.24. The molecular weight excluding hydrogens is 383 g/mol. The average molecular weight is 400 g/mol. The molecule has 3 rings (SSSR count). The van der Waals surface area contributed by atoms with Crippen molar-refractivity contribution in [3.8, 4) is 11.5 Å². The molecule has 10 nitrogen and oxygen atoms in total. The molecule has 0 saturated heterocycles. The second kappa shape index (κ2) is 8.25. The summed E-state index contributed by atoms with van der Waals surface area (Å²) in [6.07, 6.45) is 0. The number of rotatable bonds is 7. The number of hydrogen-bond acceptors (Lipinski definition) is 9. The molecular formula is C18H17FN6O4. The van der Waals surface area contributed by atoms with E-state index in [1.54, 1.807) is 24.3 Å². The highest BCUT2D eigenvalue weighted by Gasteiger charge is 2.24. The summed E-state index contributed by atoms with van der Waals surface area (Å²) in [5.74, 6) is -0.165. The van der Waals surface area contributed by atoms with Gasteiger partial charge in [0.25, 0.3) is 0 Å². The SMILES string of the molecule is COc1ccc(OC)c(Nc2nc(Nc3cccc(F)c3)nc(N)c2[N+](=O)[O-])c1. The highest BCUT2D eigenvalue weighted by Crippen LogP contribution is 2.36. The maximum atomic E-state index is 13.4. The molecule has 0 saturated carbocycles. The van der Waals surface area contributed by atoms with Crippen molar-refractivity contribution >= 4 is 34.6 Å². The largest absolute Gasteiger partial charge is 0.497 e. The first-order valence-corrected chi connectivity index (χ1v) is 8.24. The first kappa shape index (κ1) is 19.6. The van der Waals surface area contributed by atoms with E-state index in [9.17, 15) is 14.5 Å². The molecule has 0 aliphatic carbocycles. The highest BCUT2D eigenvalue weighted by molar-refractivity contribution is 5.77. The minimum atomic E-state index is -0.698. The number of ether oxygens (including phenoxy) is 2. The van der Waals surface area contributed by atoms with E-state index in [4.69, 9.17) is 15.2 Å². The fourth-order valence-electron chi connectivity index (χ4n) is 2.53. The summed E-state index contributed by atoms with van der Waals surface area (Å²) in [6.45, 7) is 0. The number of nitrogens with zero attached hydrogens (tertiary/aromatic N) is 3. The van der Waals surface area contributed by atoms with Crippen molar-refractivity contribution in [2.24, 2.45) is 0 Å². The molecule has 3 aromatic rings. The maximum absolute atomic E-state index is 13.4. The summed E-state index contributed by atoms with van der Waals surface area (Å²) in [7, 11) is 2.93. The van der Waals surface area contributed by atoms with Crippen LogP contribution in [0.2, 0.25) is 0 Å². The number of nitrogens with one attached hydrogen (secondary N) is 2. The molecule has 4 N–H and O–H groups in total. The second-order valence-corrected chi connectivity index (χ2v) is 5.71. The molecule has 0 aliphatic heterocycles. The zero-order valence-electron chi connectivity index (χ0n) is 15.5. The third-order valence-corrected chi connectivity index (χ3v) is 3.83. The zero-order chi connectivity index (χ0) is 21.0. The Morgan fingerprint density at radius 2 is 1.90 bits per heavy atom. The van der Waals surface area contributed by atoms with Crippen molar-refractivity contribution in [1.82, 2.24) is 9.97 Å². The van der Waals surface area contributed by atoms with Gasteiger partial charge >= 0.3 is 5.69 Å². The number of aromatic nitrogens is 2. The van der Waals surface area contributed by atoms with Crippen LogP contribution in [0.25, 0.3) is 0 Å². The van der Waals surface area contributed by atoms with Gasteiger partial charge in [-0.2, -0.15) is 9.97 Å². The van der Waals surface area contributed by atoms with Crippen LogP contribution in [0.3, 0.4) is 0 Å². The third kappa shape index (κ3) is 4.40. The van der Waals surface area contributed by atoms with Crippen molar-refractivity contribution in [3.63, 3.8) is 0 Å². The summed E-state index contributed by atoms with van der Waals surface area (Å²) in [5, 5.41) is 17.1. The molecule has 11 heteroatoms. The molecule has 1 aromatic heterocycles. The zero-order valence-corrected chi connectivity index (χ0v) is 15.5. The van der Waals surface area contributed by atoms with E-state index >= 15 is 0 Å². The predicted molar refractivity (Wildman–Crippen MR) is 106 cm³/mol. The van der Waals surface area contributed by atoms with Crippen molar-refractivity contribution < 1.29 is 18.8 Å². The molecule has 1 heterocycles. The van der Waals surface area contributed by atoms with Crippen LogP contribution < -0.4 is 25.8 Å². The lowest BCUT2D eigenvalue weighted by atomic mass is 10.2. The van der Waals surface area contributed by atoms with Gasteiger partial charge < -0.3 is 25.8 Å². The Labute approximate surface area is 164 Å². The lowest BCUT2D eigenvalue weighted by molar-refractivity contribution is -0.383. The first-order chi connectivity index (χ1) is 13.9. The van der Waals surface area contributed by atoms with Crippen LogP contribution in [0, 0.1) is 15.9 Å². The third-order valence-electron chi connectivity index (χ3n) is 3.83. The van der Waals surface area contributed by atoms with Gasteiger partial charge in [-0.1, -0.05) is 6.07 Å². The van der Waals surface area contributed by atoms with E-state index in [0.29, 0.717) is 22.9 Å². The topological polar surface area (TPSA) is 137 Å². The van der Waals surface area contributed by atoms with E-state index < -0.39 is 16.4 Å². The summed E-state index contributed by atoms with van der Waals surface area (Å²) in [6, 6.07) is 10.5. The molecule has 29 heavy (non-hydrogen) atoms. The molecule has 0 unspecified atom stereocenters. The predicted octanol–water partition coefficient (Wildman–Crippen LogP) is 3.61. The van der Waals surface area contributed by atoms with Gasteiger partial charge in [-0.15, -0.1) is 0 Å². The van der Waals surface area contributed by atoms with Crippen LogP contribution in [0.4, 0.5) is 39.0 Å². The maximum Gasteiger partial charge on any atom is 0.353 e. The van der Waals surface area contributed by atoms with E-state index in [1.165, 1.54) is 32.4 Å². The lowest BCUT2D eigenvalue weighted by Gasteiger charge is -2.14. The minimum Gasteiger partial charge on any atom is -0.497 e. The Morgan fingerprint density at radius 3 is 2.55 bits per heavy atom. The Balaban J connectivity index is 2.04. The smallest absolute Gasteiger partial charge is 0.353 e. The number of nitrogens with two attached hydrogens (primary N) is 1. The van der Waals surface area contributed by atoms with Crippen LogP contribution >= 0.6 is 0 Å². The summed E-state index contributed by atoms with van der Waals surface area (Å²) >= 11 is 0. The Hall–Kier alpha value is -4.15. The molecule has 0 fully saturated rings. The monoisotopic (exact) mass is 400 g/mol. The Bertz CT molecular complexity index is 1060. The molecule has 0 radical (unpaired) electrons. The fraction of sp³-hybridized carbons (Fsp3) is 0.111. The Morgan fingerprint density at radius 1 is 1.10 bits per heavy atom. The molecule has 0 bridgehead atoms. The van der Waals surface area contributed by atoms with E-state index in [0.717, 1.165) is 0 Å². The minimum absolute atomic E-state index is 0.0527. The van der Waals surface area contributed by atoms with Crippen LogP contribution in [-0.2, 0) is 0 Å². The molecule has 0 atom stereocenters. The van der Waals surface area contributed by atoms with Gasteiger partial charge in [0.15, 0.2) is 0 Å². The normalized spacial score (nSPS) is 10.3. The van der Waals surface area contributed by atoms with Gasteiger partial charge in [-0.05, 0) is 30.3 Å². The number of anilines is 5. The molecule has 0 spiro atoms. The van der Waals surface area contributed by atoms with Gasteiger partial charge in [-0.25, -0.2) is 4.39 Å². The van der Waals surface area contributed by atoms with Crippen LogP contribution in [0.1, 0.15) is 0 Å². The number of benzene rings is 2. The van der Waals surface area contributed by atoms with Gasteiger partial charge in [0.1, 0.15) is 17.3 Å². The van der Waals surface area contributed by atoms with E-state index in [2.05, 4.69) is 20.6 Å². The van der Waals surface area contributed by atoms with Crippen LogP contribution in [0.5, 0.6) is 11.5 Å². The standard InChI is InChI=1S/C18H17FN6O4/c1-28-12-6-7-14(29-2)13(9-12)22-17-15(25(26)27)16(20)23-18(24-17)21-11-5-3-4-10(19)8-11/h3-9H,1-2H3,(H4,20,21,22,23,24). The van der Waals surface area contributed by atoms with E-state index in [1.807, 2.05) is 0 Å². The van der Waals surface area contributed by atoms with Crippen molar-refractivity contribution in [3.05, 3.63) is 58.4 Å². The van der Waals surface area contributed by atoms with Gasteiger partial charge in [0.2, 0.25) is 17.6 Å². The number of nitro groups is 1. The number of halogens is 1. The lowest BCUT2D eigenvalue weighted by Crippen LogP contribution is -2.09. The quantitative estimate of drug-likeness (QED) is 0.401. The fourth-order valence-corrected chi connectivity index (χ4v) is 2.53. The van der Waals surface area contributed by atoms with Gasteiger partial charge in [0, 0.05) is 11.8 Å². The van der Waals surface area contributed by atoms with Crippen LogP contribution in [0.15, 0.2) is 42.5 Å². The summed E-state index contributed by atoms with van der Waals surface area (Å²) < 4.78 is 23.8. The second-order valence-electron chi connectivity index (χ2n) is 5.71. The van der Waals surface area contributed by atoms with Crippen molar-refractivity contribution in [2.75, 3.05) is 30.6 Å². The summed E-state index contributed by atoms with van der Waals surface area (Å²) in [4.78, 5) is 18.8. The van der Waals surface area contributed by atoms with Crippen molar-refractivity contribution in [1.29, 1.82) is 0 Å². The number of nitrogen functional groups attached to an aromatic ring is 1. The average Bonchev–Trinajstić information content (AvgIpc) is 2.67. The van der Waals surface area contributed by atoms with E-state index in [-0.39, 0.29) is 17.6 Å². The molecule has 0 amide bonds. The van der Waals surface area contributed by atoms with Crippen molar-refractivity contribution in [2.45, 2.75) is 0 Å². The van der Waals surface area contributed by atoms with Gasteiger partial charge in [0.05, 0.1) is 24.8 Å². The molecule has 0 aliphatic rings. The molecule has 2 aromatic carbocycles. The summed E-state index contributed by atoms with van der Waals surface area (Å²) in [5.41, 5.74) is 5.99.